The summed E-state index contributed by atoms with van der Waals surface area (Å²) < 4.78 is 0. The third kappa shape index (κ3) is 18.9. The lowest BCUT2D eigenvalue weighted by Gasteiger charge is -2.24. The summed E-state index contributed by atoms with van der Waals surface area (Å²) in [6.07, 6.45) is 1.03. The standard InChI is InChI=1S/C36H51N9O10/c37-25(9-6-18-41-36(38)39)32(51)42-21-30(48)43-28(20-31(49)50)34(53)45-27(19-23-7-2-1-3-8-23)33(52)44-26(35(54)55)10-4-5-17-40-29(47)16-13-22-11-14-24(46)15-12-22/h1-3,7-8,11-12,14-15,25-28,46H,4-6,9-10,13,16-21,37H2,(H,40,47)(H,42,51)(H,43,48)(H,44,52)(H,45,53)(H,49,50)(H,54,55)(H4,38,39,41)/t25-,26-,27+,28-/m0/s1. The SMILES string of the molecule is NC(N)=NCCC[C@H](N)C(=O)NCC(=O)N[C@@H](CC(=O)O)C(=O)N[C@H](Cc1ccccc1)C(=O)N[C@@H](CCCCNC(=O)CCc1ccc(O)cc1)C(=O)O. The van der Waals surface area contributed by atoms with E-state index in [9.17, 15) is 48.9 Å². The van der Waals surface area contributed by atoms with Gasteiger partial charge in [-0.15, -0.1) is 0 Å². The third-order valence-electron chi connectivity index (χ3n) is 8.11. The second-order valence-electron chi connectivity index (χ2n) is 12.7. The molecule has 0 aliphatic carbocycles. The smallest absolute Gasteiger partial charge is 0.326 e. The van der Waals surface area contributed by atoms with Crippen LogP contribution >= 0.6 is 0 Å². The number of aryl methyl sites for hydroxylation is 1. The van der Waals surface area contributed by atoms with E-state index in [-0.39, 0.29) is 56.4 Å². The van der Waals surface area contributed by atoms with Crippen molar-refractivity contribution < 1.29 is 48.9 Å². The van der Waals surface area contributed by atoms with Gasteiger partial charge >= 0.3 is 11.9 Å². The van der Waals surface area contributed by atoms with Crippen LogP contribution in [0.5, 0.6) is 5.75 Å². The molecule has 0 saturated heterocycles. The molecule has 0 saturated carbocycles. The number of amides is 5. The molecule has 2 rings (SSSR count). The fraction of sp³-hybridized carbons (Fsp3) is 0.444. The molecule has 0 aromatic heterocycles. The number of rotatable bonds is 25. The lowest BCUT2D eigenvalue weighted by molar-refractivity contribution is -0.143. The van der Waals surface area contributed by atoms with Crippen LogP contribution in [0.2, 0.25) is 0 Å². The van der Waals surface area contributed by atoms with E-state index in [2.05, 4.69) is 31.6 Å². The summed E-state index contributed by atoms with van der Waals surface area (Å²) >= 11 is 0. The number of hydrogen-bond donors (Lipinski definition) is 11. The van der Waals surface area contributed by atoms with Crippen molar-refractivity contribution in [3.63, 3.8) is 0 Å². The van der Waals surface area contributed by atoms with Crippen molar-refractivity contribution in [2.45, 2.75) is 82.0 Å². The van der Waals surface area contributed by atoms with E-state index in [4.69, 9.17) is 17.2 Å². The number of nitrogens with one attached hydrogen (secondary N) is 5. The summed E-state index contributed by atoms with van der Waals surface area (Å²) in [6, 6.07) is 9.55. The van der Waals surface area contributed by atoms with Gasteiger partial charge in [0.2, 0.25) is 29.5 Å². The summed E-state index contributed by atoms with van der Waals surface area (Å²) in [7, 11) is 0. The molecule has 0 radical (unpaired) electrons. The number of aliphatic carboxylic acids is 2. The van der Waals surface area contributed by atoms with E-state index in [0.29, 0.717) is 31.2 Å². The van der Waals surface area contributed by atoms with Crippen LogP contribution in [0.4, 0.5) is 0 Å². The van der Waals surface area contributed by atoms with E-state index >= 15 is 0 Å². The Hall–Kier alpha value is -6.24. The first-order valence-corrected chi connectivity index (χ1v) is 17.7. The Morgan fingerprint density at radius 1 is 0.691 bits per heavy atom. The van der Waals surface area contributed by atoms with Gasteiger partial charge in [0.25, 0.3) is 0 Å². The number of unbranched alkanes of at least 4 members (excludes halogenated alkanes) is 1. The highest BCUT2D eigenvalue weighted by molar-refractivity contribution is 5.96. The lowest BCUT2D eigenvalue weighted by Crippen LogP contribution is -2.57. The van der Waals surface area contributed by atoms with Crippen LogP contribution in [-0.2, 0) is 46.4 Å². The van der Waals surface area contributed by atoms with Crippen molar-refractivity contribution in [1.82, 2.24) is 26.6 Å². The Kier molecular flexibility index (Phi) is 19.7. The molecule has 4 atom stereocenters. The monoisotopic (exact) mass is 769 g/mol. The van der Waals surface area contributed by atoms with Crippen molar-refractivity contribution in [2.24, 2.45) is 22.2 Å². The number of phenolic OH excluding ortho intramolecular Hbond substituents is 1. The maximum absolute atomic E-state index is 13.5. The molecular formula is C36H51N9O10. The van der Waals surface area contributed by atoms with E-state index < -0.39 is 72.7 Å². The fourth-order valence-electron chi connectivity index (χ4n) is 5.15. The Balaban J connectivity index is 1.98. The maximum Gasteiger partial charge on any atom is 0.326 e. The fourth-order valence-corrected chi connectivity index (χ4v) is 5.15. The first-order chi connectivity index (χ1) is 26.1. The van der Waals surface area contributed by atoms with E-state index in [1.165, 1.54) is 12.1 Å². The number of hydrogen-bond acceptors (Lipinski definition) is 10. The van der Waals surface area contributed by atoms with Gasteiger partial charge < -0.3 is 59.1 Å². The van der Waals surface area contributed by atoms with Crippen LogP contribution in [0.1, 0.15) is 56.1 Å². The average molecular weight is 770 g/mol. The minimum absolute atomic E-state index is 0.000201. The van der Waals surface area contributed by atoms with Gasteiger partial charge in [-0.3, -0.25) is 33.8 Å². The molecule has 14 N–H and O–H groups in total. The molecule has 19 heteroatoms. The number of phenols is 1. The Morgan fingerprint density at radius 2 is 1.35 bits per heavy atom. The van der Waals surface area contributed by atoms with Crippen LogP contribution in [0.15, 0.2) is 59.6 Å². The number of guanidine groups is 1. The highest BCUT2D eigenvalue weighted by Gasteiger charge is 2.31. The highest BCUT2D eigenvalue weighted by Crippen LogP contribution is 2.11. The Bertz CT molecular complexity index is 1620. The molecule has 19 nitrogen and oxygen atoms in total. The number of nitrogens with zero attached hydrogens (tertiary/aromatic N) is 1. The molecule has 0 heterocycles. The summed E-state index contributed by atoms with van der Waals surface area (Å²) in [6.45, 7) is -0.126. The van der Waals surface area contributed by atoms with Crippen molar-refractivity contribution in [2.75, 3.05) is 19.6 Å². The minimum Gasteiger partial charge on any atom is -0.508 e. The number of nitrogens with two attached hydrogens (primary N) is 3. The predicted octanol–water partition coefficient (Wildman–Crippen LogP) is -1.64. The van der Waals surface area contributed by atoms with Crippen molar-refractivity contribution in [3.8, 4) is 5.75 Å². The van der Waals surface area contributed by atoms with Gasteiger partial charge in [0.15, 0.2) is 5.96 Å². The molecule has 5 amide bonds. The number of carbonyl (C=O) groups excluding carboxylic acids is 5. The van der Waals surface area contributed by atoms with E-state index in [1.54, 1.807) is 42.5 Å². The van der Waals surface area contributed by atoms with Gasteiger partial charge in [-0.2, -0.15) is 0 Å². The molecule has 0 spiro atoms. The topological polar surface area (TPSA) is 331 Å². The van der Waals surface area contributed by atoms with Gasteiger partial charge in [-0.25, -0.2) is 4.79 Å². The van der Waals surface area contributed by atoms with E-state index in [0.717, 1.165) is 5.56 Å². The van der Waals surface area contributed by atoms with E-state index in [1.807, 2.05) is 0 Å². The predicted molar refractivity (Wildman–Crippen MR) is 200 cm³/mol. The number of carboxylic acids is 2. The van der Waals surface area contributed by atoms with Crippen molar-refractivity contribution in [3.05, 3.63) is 65.7 Å². The highest BCUT2D eigenvalue weighted by atomic mass is 16.4. The van der Waals surface area contributed by atoms with Crippen LogP contribution in [-0.4, -0.2) is 107 Å². The number of aromatic hydroxyl groups is 1. The van der Waals surface area contributed by atoms with Crippen LogP contribution < -0.4 is 43.8 Å². The molecule has 55 heavy (non-hydrogen) atoms. The molecule has 0 fully saturated rings. The van der Waals surface area contributed by atoms with Gasteiger partial charge in [0, 0.05) is 25.9 Å². The zero-order chi connectivity index (χ0) is 40.8. The first kappa shape index (κ1) is 44.9. The molecule has 0 bridgehead atoms. The molecular weight excluding hydrogens is 718 g/mol. The number of carboxylic acid groups (broad SMARTS) is 2. The number of carbonyl (C=O) groups is 7. The van der Waals surface area contributed by atoms with Crippen molar-refractivity contribution in [1.29, 1.82) is 0 Å². The minimum atomic E-state index is -1.67. The molecule has 2 aromatic carbocycles. The Labute approximate surface area is 317 Å². The maximum atomic E-state index is 13.5. The molecule has 300 valence electrons. The van der Waals surface area contributed by atoms with Gasteiger partial charge in [0.1, 0.15) is 23.9 Å². The van der Waals surface area contributed by atoms with Crippen LogP contribution in [0.25, 0.3) is 0 Å². The molecule has 0 unspecified atom stereocenters. The van der Waals surface area contributed by atoms with Gasteiger partial charge in [0.05, 0.1) is 19.0 Å². The molecule has 0 aliphatic heterocycles. The number of benzene rings is 2. The summed E-state index contributed by atoms with van der Waals surface area (Å²) in [5, 5.41) is 40.9. The first-order valence-electron chi connectivity index (χ1n) is 17.7. The van der Waals surface area contributed by atoms with Gasteiger partial charge in [-0.05, 0) is 61.8 Å². The average Bonchev–Trinajstić information content (AvgIpc) is 3.14. The molecule has 0 aliphatic rings. The van der Waals surface area contributed by atoms with Crippen LogP contribution in [0.3, 0.4) is 0 Å². The summed E-state index contributed by atoms with van der Waals surface area (Å²) in [4.78, 5) is 91.5. The normalized spacial score (nSPS) is 12.8. The second kappa shape index (κ2) is 24.1. The lowest BCUT2D eigenvalue weighted by atomic mass is 10.0. The summed E-state index contributed by atoms with van der Waals surface area (Å²) in [5.41, 5.74) is 17.8. The second-order valence-corrected chi connectivity index (χ2v) is 12.7. The van der Waals surface area contributed by atoms with Crippen molar-refractivity contribution >= 4 is 47.4 Å². The largest absolute Gasteiger partial charge is 0.508 e. The zero-order valence-corrected chi connectivity index (χ0v) is 30.4. The quantitative estimate of drug-likeness (QED) is 0.0307. The van der Waals surface area contributed by atoms with Crippen LogP contribution in [0, 0.1) is 0 Å². The summed E-state index contributed by atoms with van der Waals surface area (Å²) in [5.74, 6) is -6.46. The van der Waals surface area contributed by atoms with Gasteiger partial charge in [-0.1, -0.05) is 42.5 Å². The Morgan fingerprint density at radius 3 is 1.98 bits per heavy atom. The zero-order valence-electron chi connectivity index (χ0n) is 30.4. The number of aliphatic imine (C=N–C) groups is 1. The molecule has 2 aromatic rings. The third-order valence-corrected chi connectivity index (χ3v) is 8.11.